The zero-order valence-corrected chi connectivity index (χ0v) is 16.3. The van der Waals surface area contributed by atoms with Crippen LogP contribution in [0.15, 0.2) is 44.5 Å². The summed E-state index contributed by atoms with van der Waals surface area (Å²) in [5.41, 5.74) is 2.13. The molecule has 0 amide bonds. The molecule has 0 N–H and O–H groups in total. The van der Waals surface area contributed by atoms with E-state index in [0.29, 0.717) is 16.9 Å². The fourth-order valence-electron chi connectivity index (χ4n) is 3.31. The lowest BCUT2D eigenvalue weighted by atomic mass is 10.1. The van der Waals surface area contributed by atoms with Crippen molar-refractivity contribution in [2.45, 2.75) is 19.9 Å². The number of benzene rings is 1. The molecule has 4 aromatic rings. The van der Waals surface area contributed by atoms with E-state index in [2.05, 4.69) is 32.4 Å². The van der Waals surface area contributed by atoms with E-state index in [1.807, 2.05) is 30.5 Å². The van der Waals surface area contributed by atoms with Crippen molar-refractivity contribution < 1.29 is 0 Å². The molecule has 0 atom stereocenters. The predicted molar refractivity (Wildman–Crippen MR) is 105 cm³/mol. The van der Waals surface area contributed by atoms with Gasteiger partial charge in [0.05, 0.1) is 5.69 Å². The Bertz CT molecular complexity index is 1260. The third-order valence-corrected chi connectivity index (χ3v) is 5.17. The molecular formula is C18H18BrN5O2. The molecule has 3 heterocycles. The van der Waals surface area contributed by atoms with Crippen LogP contribution in [0, 0.1) is 0 Å². The van der Waals surface area contributed by atoms with Gasteiger partial charge in [0, 0.05) is 31.3 Å². The van der Waals surface area contributed by atoms with Gasteiger partial charge in [-0.1, -0.05) is 35.0 Å². The smallest absolute Gasteiger partial charge is 0.310 e. The molecule has 0 aliphatic carbocycles. The molecule has 0 aliphatic rings. The van der Waals surface area contributed by atoms with E-state index in [1.54, 1.807) is 11.4 Å². The lowest BCUT2D eigenvalue weighted by Crippen LogP contribution is -2.37. The van der Waals surface area contributed by atoms with Crippen LogP contribution in [0.1, 0.15) is 13.3 Å². The maximum absolute atomic E-state index is 12.7. The van der Waals surface area contributed by atoms with Gasteiger partial charge in [-0.05, 0) is 24.1 Å². The molecule has 1 aromatic carbocycles. The molecule has 7 nitrogen and oxygen atoms in total. The fourth-order valence-corrected chi connectivity index (χ4v) is 3.57. The summed E-state index contributed by atoms with van der Waals surface area (Å²) in [4.78, 5) is 29.5. The van der Waals surface area contributed by atoms with Gasteiger partial charge in [0.1, 0.15) is 0 Å². The number of nitrogens with zero attached hydrogens (tertiary/aromatic N) is 5. The summed E-state index contributed by atoms with van der Waals surface area (Å²) >= 11 is 3.46. The van der Waals surface area contributed by atoms with Gasteiger partial charge in [0.25, 0.3) is 5.56 Å². The van der Waals surface area contributed by atoms with Gasteiger partial charge in [-0.3, -0.25) is 18.3 Å². The van der Waals surface area contributed by atoms with Gasteiger partial charge in [-0.2, -0.15) is 4.98 Å². The Hall–Kier alpha value is -2.61. The standard InChI is InChI=1S/C18H18BrN5O2/c1-4-9-23-13(11-5-7-12(19)8-6-11)10-24-14-15(20-17(23)24)21(2)18(26)22(3)16(14)25/h5-8,10H,4,9H2,1-3H3. The number of rotatable bonds is 3. The van der Waals surface area contributed by atoms with Gasteiger partial charge < -0.3 is 4.57 Å². The minimum absolute atomic E-state index is 0.341. The van der Waals surface area contributed by atoms with Gasteiger partial charge >= 0.3 is 5.69 Å². The van der Waals surface area contributed by atoms with Crippen molar-refractivity contribution in [3.8, 4) is 11.3 Å². The SMILES string of the molecule is CCCn1c(-c2ccc(Br)cc2)cn2c3c(=O)n(C)c(=O)n(C)c3nc12. The van der Waals surface area contributed by atoms with E-state index in [0.717, 1.165) is 33.3 Å². The van der Waals surface area contributed by atoms with Crippen molar-refractivity contribution in [1.29, 1.82) is 0 Å². The second kappa shape index (κ2) is 5.98. The molecule has 3 aromatic heterocycles. The van der Waals surface area contributed by atoms with Crippen LogP contribution in [-0.2, 0) is 20.6 Å². The number of aryl methyl sites for hydroxylation is 2. The molecule has 0 aliphatic heterocycles. The van der Waals surface area contributed by atoms with E-state index in [4.69, 9.17) is 0 Å². The summed E-state index contributed by atoms with van der Waals surface area (Å²) in [7, 11) is 3.12. The van der Waals surface area contributed by atoms with E-state index in [1.165, 1.54) is 11.6 Å². The van der Waals surface area contributed by atoms with Crippen LogP contribution in [-0.4, -0.2) is 23.1 Å². The summed E-state index contributed by atoms with van der Waals surface area (Å²) in [6, 6.07) is 8.03. The fraction of sp³-hybridized carbons (Fsp3) is 0.278. The highest BCUT2D eigenvalue weighted by Gasteiger charge is 2.20. The highest BCUT2D eigenvalue weighted by Crippen LogP contribution is 2.26. The molecule has 0 radical (unpaired) electrons. The zero-order chi connectivity index (χ0) is 18.6. The maximum Gasteiger partial charge on any atom is 0.332 e. The average Bonchev–Trinajstić information content (AvgIpc) is 3.16. The van der Waals surface area contributed by atoms with E-state index >= 15 is 0 Å². The second-order valence-corrected chi connectivity index (χ2v) is 7.25. The maximum atomic E-state index is 12.7. The first kappa shape index (κ1) is 16.8. The third-order valence-electron chi connectivity index (χ3n) is 4.64. The van der Waals surface area contributed by atoms with Gasteiger partial charge in [0.15, 0.2) is 11.2 Å². The van der Waals surface area contributed by atoms with Crippen molar-refractivity contribution in [2.24, 2.45) is 14.1 Å². The van der Waals surface area contributed by atoms with Gasteiger partial charge in [0.2, 0.25) is 5.78 Å². The lowest BCUT2D eigenvalue weighted by molar-refractivity contribution is 0.698. The minimum Gasteiger partial charge on any atom is -0.310 e. The second-order valence-electron chi connectivity index (χ2n) is 6.33. The van der Waals surface area contributed by atoms with Crippen LogP contribution >= 0.6 is 15.9 Å². The first-order valence-corrected chi connectivity index (χ1v) is 9.16. The van der Waals surface area contributed by atoms with Crippen molar-refractivity contribution >= 4 is 32.9 Å². The molecule has 0 saturated heterocycles. The lowest BCUT2D eigenvalue weighted by Gasteiger charge is -2.07. The minimum atomic E-state index is -0.376. The van der Waals surface area contributed by atoms with Crippen LogP contribution in [0.25, 0.3) is 28.2 Å². The molecule has 134 valence electrons. The van der Waals surface area contributed by atoms with Crippen molar-refractivity contribution in [3.05, 3.63) is 55.8 Å². The molecule has 4 rings (SSSR count). The molecule has 0 fully saturated rings. The number of aromatic nitrogens is 5. The summed E-state index contributed by atoms with van der Waals surface area (Å²) in [5.74, 6) is 0.665. The summed E-state index contributed by atoms with van der Waals surface area (Å²) in [5, 5.41) is 0. The van der Waals surface area contributed by atoms with Crippen molar-refractivity contribution in [2.75, 3.05) is 0 Å². The average molecular weight is 416 g/mol. The topological polar surface area (TPSA) is 66.2 Å². The van der Waals surface area contributed by atoms with E-state index in [-0.39, 0.29) is 11.2 Å². The van der Waals surface area contributed by atoms with Crippen molar-refractivity contribution in [3.63, 3.8) is 0 Å². The Morgan fingerprint density at radius 1 is 1.08 bits per heavy atom. The predicted octanol–water partition coefficient (Wildman–Crippen LogP) is 2.53. The molecule has 8 heteroatoms. The molecule has 0 unspecified atom stereocenters. The number of fused-ring (bicyclic) bond motifs is 3. The number of halogens is 1. The highest BCUT2D eigenvalue weighted by atomic mass is 79.9. The van der Waals surface area contributed by atoms with Crippen LogP contribution in [0.2, 0.25) is 0 Å². The summed E-state index contributed by atoms with van der Waals surface area (Å²) in [6.07, 6.45) is 2.85. The van der Waals surface area contributed by atoms with Crippen LogP contribution in [0.3, 0.4) is 0 Å². The first-order chi connectivity index (χ1) is 12.4. The third kappa shape index (κ3) is 2.28. The Balaban J connectivity index is 2.13. The van der Waals surface area contributed by atoms with E-state index in [9.17, 15) is 9.59 Å². The first-order valence-electron chi connectivity index (χ1n) is 8.37. The quantitative estimate of drug-likeness (QED) is 0.516. The normalized spacial score (nSPS) is 11.7. The van der Waals surface area contributed by atoms with E-state index < -0.39 is 0 Å². The van der Waals surface area contributed by atoms with Gasteiger partial charge in [-0.25, -0.2) is 4.79 Å². The van der Waals surface area contributed by atoms with Crippen LogP contribution < -0.4 is 11.2 Å². The Morgan fingerprint density at radius 2 is 1.77 bits per heavy atom. The monoisotopic (exact) mass is 415 g/mol. The summed E-state index contributed by atoms with van der Waals surface area (Å²) < 4.78 is 7.43. The number of imidazole rings is 2. The van der Waals surface area contributed by atoms with Crippen LogP contribution in [0.5, 0.6) is 0 Å². The summed E-state index contributed by atoms with van der Waals surface area (Å²) in [6.45, 7) is 2.86. The molecule has 0 saturated carbocycles. The van der Waals surface area contributed by atoms with Gasteiger partial charge in [-0.15, -0.1) is 0 Å². The molecule has 0 bridgehead atoms. The number of hydrogen-bond acceptors (Lipinski definition) is 3. The Morgan fingerprint density at radius 3 is 2.42 bits per heavy atom. The zero-order valence-electron chi connectivity index (χ0n) is 14.7. The largest absolute Gasteiger partial charge is 0.332 e. The molecule has 26 heavy (non-hydrogen) atoms. The Kier molecular flexibility index (Phi) is 3.87. The Labute approximate surface area is 157 Å². The highest BCUT2D eigenvalue weighted by molar-refractivity contribution is 9.10. The molecular weight excluding hydrogens is 398 g/mol. The van der Waals surface area contributed by atoms with Crippen LogP contribution in [0.4, 0.5) is 0 Å². The molecule has 0 spiro atoms. The number of hydrogen-bond donors (Lipinski definition) is 0. The van der Waals surface area contributed by atoms with Crippen molar-refractivity contribution in [1.82, 2.24) is 23.1 Å².